The van der Waals surface area contributed by atoms with Crippen molar-refractivity contribution in [1.29, 1.82) is 0 Å². The van der Waals surface area contributed by atoms with Crippen molar-refractivity contribution in [2.45, 2.75) is 38.7 Å². The van der Waals surface area contributed by atoms with E-state index in [0.29, 0.717) is 30.5 Å². The van der Waals surface area contributed by atoms with E-state index in [1.54, 1.807) is 13.0 Å². The molecule has 4 rings (SSSR count). The van der Waals surface area contributed by atoms with Gasteiger partial charge in [0.05, 0.1) is 6.10 Å². The molecule has 26 heavy (non-hydrogen) atoms. The number of hydrogen-bond acceptors (Lipinski definition) is 4. The summed E-state index contributed by atoms with van der Waals surface area (Å²) >= 11 is 0. The number of likely N-dealkylation sites (tertiary alicyclic amines) is 1. The number of ether oxygens (including phenoxy) is 1. The molecule has 2 aromatic rings. The second kappa shape index (κ2) is 7.62. The van der Waals surface area contributed by atoms with Crippen molar-refractivity contribution in [2.75, 3.05) is 19.7 Å². The summed E-state index contributed by atoms with van der Waals surface area (Å²) in [6.07, 6.45) is 4.63. The Morgan fingerprint density at radius 2 is 2.08 bits per heavy atom. The Labute approximate surface area is 154 Å². The maximum absolute atomic E-state index is 12.8. The molecule has 2 atom stereocenters. The number of piperidine rings is 1. The van der Waals surface area contributed by atoms with Crippen LogP contribution in [0.3, 0.4) is 0 Å². The van der Waals surface area contributed by atoms with E-state index in [-0.39, 0.29) is 12.0 Å². The van der Waals surface area contributed by atoms with Crippen LogP contribution in [-0.4, -0.2) is 41.8 Å². The molecule has 0 N–H and O–H groups in total. The number of carbonyl (C=O) groups excluding carboxylic acids is 1. The average Bonchev–Trinajstić information content (AvgIpc) is 3.39. The molecule has 1 aliphatic heterocycles. The summed E-state index contributed by atoms with van der Waals surface area (Å²) in [4.78, 5) is 14.7. The van der Waals surface area contributed by atoms with Gasteiger partial charge in [0.15, 0.2) is 5.69 Å². The normalized spacial score (nSPS) is 23.2. The smallest absolute Gasteiger partial charge is 0.276 e. The third kappa shape index (κ3) is 4.15. The van der Waals surface area contributed by atoms with Gasteiger partial charge >= 0.3 is 0 Å². The first-order chi connectivity index (χ1) is 12.7. The van der Waals surface area contributed by atoms with E-state index >= 15 is 0 Å². The Morgan fingerprint density at radius 3 is 2.77 bits per heavy atom. The number of carbonyl (C=O) groups is 1. The number of aryl methyl sites for hydroxylation is 1. The quantitative estimate of drug-likeness (QED) is 0.797. The van der Waals surface area contributed by atoms with Gasteiger partial charge in [0.25, 0.3) is 5.91 Å². The van der Waals surface area contributed by atoms with Crippen molar-refractivity contribution >= 4 is 5.91 Å². The van der Waals surface area contributed by atoms with E-state index < -0.39 is 0 Å². The highest BCUT2D eigenvalue weighted by Gasteiger charge is 2.34. The zero-order valence-corrected chi connectivity index (χ0v) is 15.3. The minimum atomic E-state index is -0.0412. The lowest BCUT2D eigenvalue weighted by atomic mass is 9.88. The topological polar surface area (TPSA) is 55.6 Å². The highest BCUT2D eigenvalue weighted by Crippen LogP contribution is 2.32. The molecule has 5 heteroatoms. The number of aromatic nitrogens is 1. The Hall–Kier alpha value is -2.14. The summed E-state index contributed by atoms with van der Waals surface area (Å²) in [5.74, 6) is 1.68. The third-order valence-corrected chi connectivity index (χ3v) is 5.38. The SMILES string of the molecule is Cc1cc(C(=O)N2CC[C@H](OCC3CC3)[C@@H](Cc3ccccc3)C2)no1. The number of nitrogens with zero attached hydrogens (tertiary/aromatic N) is 2. The average molecular weight is 354 g/mol. The van der Waals surface area contributed by atoms with E-state index in [4.69, 9.17) is 9.26 Å². The molecule has 2 fully saturated rings. The van der Waals surface area contributed by atoms with Gasteiger partial charge in [0, 0.05) is 31.7 Å². The largest absolute Gasteiger partial charge is 0.377 e. The van der Waals surface area contributed by atoms with Crippen LogP contribution in [0.5, 0.6) is 0 Å². The molecule has 2 heterocycles. The standard InChI is InChI=1S/C21H26N2O3/c1-15-11-19(22-26-15)21(24)23-10-9-20(25-14-17-7-8-17)18(13-23)12-16-5-3-2-4-6-16/h2-6,11,17-18,20H,7-10,12-14H2,1H3/t18-,20-/m0/s1. The van der Waals surface area contributed by atoms with E-state index in [9.17, 15) is 4.79 Å². The van der Waals surface area contributed by atoms with Crippen LogP contribution >= 0.6 is 0 Å². The van der Waals surface area contributed by atoms with Gasteiger partial charge in [-0.3, -0.25) is 4.79 Å². The first-order valence-corrected chi connectivity index (χ1v) is 9.57. The van der Waals surface area contributed by atoms with Gasteiger partial charge in [0.2, 0.25) is 0 Å². The van der Waals surface area contributed by atoms with Crippen molar-refractivity contribution in [3.05, 3.63) is 53.4 Å². The Morgan fingerprint density at radius 1 is 1.27 bits per heavy atom. The monoisotopic (exact) mass is 354 g/mol. The Bertz CT molecular complexity index is 739. The summed E-state index contributed by atoms with van der Waals surface area (Å²) in [6.45, 7) is 4.09. The number of amides is 1. The van der Waals surface area contributed by atoms with E-state index in [1.165, 1.54) is 18.4 Å². The van der Waals surface area contributed by atoms with Crippen LogP contribution < -0.4 is 0 Å². The van der Waals surface area contributed by atoms with Gasteiger partial charge < -0.3 is 14.2 Å². The fourth-order valence-electron chi connectivity index (χ4n) is 3.70. The van der Waals surface area contributed by atoms with E-state index in [0.717, 1.165) is 25.4 Å². The molecular formula is C21H26N2O3. The van der Waals surface area contributed by atoms with Gasteiger partial charge in [-0.15, -0.1) is 0 Å². The molecule has 0 bridgehead atoms. The van der Waals surface area contributed by atoms with Crippen LogP contribution in [0.25, 0.3) is 0 Å². The minimum absolute atomic E-state index is 0.0412. The molecule has 1 amide bonds. The van der Waals surface area contributed by atoms with Crippen LogP contribution in [0, 0.1) is 18.8 Å². The number of hydrogen-bond donors (Lipinski definition) is 0. The van der Waals surface area contributed by atoms with Gasteiger partial charge in [-0.1, -0.05) is 35.5 Å². The van der Waals surface area contributed by atoms with Crippen molar-refractivity contribution in [3.8, 4) is 0 Å². The molecule has 2 aliphatic rings. The molecule has 1 aliphatic carbocycles. The highest BCUT2D eigenvalue weighted by atomic mass is 16.5. The predicted octanol–water partition coefficient (Wildman–Crippen LogP) is 3.48. The van der Waals surface area contributed by atoms with Gasteiger partial charge in [-0.2, -0.15) is 0 Å². The fraction of sp³-hybridized carbons (Fsp3) is 0.524. The molecular weight excluding hydrogens is 328 g/mol. The lowest BCUT2D eigenvalue weighted by molar-refractivity contribution is -0.0327. The minimum Gasteiger partial charge on any atom is -0.377 e. The molecule has 138 valence electrons. The van der Waals surface area contributed by atoms with Crippen LogP contribution in [0.1, 0.15) is 41.1 Å². The Balaban J connectivity index is 1.45. The molecule has 0 radical (unpaired) electrons. The molecule has 0 spiro atoms. The second-order valence-corrected chi connectivity index (χ2v) is 7.63. The summed E-state index contributed by atoms with van der Waals surface area (Å²) in [7, 11) is 0. The van der Waals surface area contributed by atoms with Crippen molar-refractivity contribution in [2.24, 2.45) is 11.8 Å². The highest BCUT2D eigenvalue weighted by molar-refractivity contribution is 5.92. The molecule has 1 saturated heterocycles. The first kappa shape index (κ1) is 17.3. The molecule has 0 unspecified atom stereocenters. The maximum atomic E-state index is 12.8. The summed E-state index contributed by atoms with van der Waals surface area (Å²) in [5, 5.41) is 3.89. The zero-order valence-electron chi connectivity index (χ0n) is 15.3. The summed E-state index contributed by atoms with van der Waals surface area (Å²) < 4.78 is 11.3. The van der Waals surface area contributed by atoms with Crippen LogP contribution in [0.4, 0.5) is 0 Å². The van der Waals surface area contributed by atoms with Crippen LogP contribution in [-0.2, 0) is 11.2 Å². The maximum Gasteiger partial charge on any atom is 0.276 e. The lowest BCUT2D eigenvalue weighted by Gasteiger charge is -2.38. The third-order valence-electron chi connectivity index (χ3n) is 5.38. The van der Waals surface area contributed by atoms with Gasteiger partial charge in [-0.05, 0) is 44.1 Å². The van der Waals surface area contributed by atoms with Gasteiger partial charge in [-0.25, -0.2) is 0 Å². The van der Waals surface area contributed by atoms with E-state index in [2.05, 4.69) is 29.4 Å². The fourth-order valence-corrected chi connectivity index (χ4v) is 3.70. The molecule has 1 aromatic carbocycles. The van der Waals surface area contributed by atoms with E-state index in [1.807, 2.05) is 11.0 Å². The lowest BCUT2D eigenvalue weighted by Crippen LogP contribution is -2.47. The van der Waals surface area contributed by atoms with Gasteiger partial charge in [0.1, 0.15) is 5.76 Å². The zero-order chi connectivity index (χ0) is 17.9. The van der Waals surface area contributed by atoms with Crippen molar-refractivity contribution < 1.29 is 14.1 Å². The first-order valence-electron chi connectivity index (χ1n) is 9.57. The second-order valence-electron chi connectivity index (χ2n) is 7.63. The van der Waals surface area contributed by atoms with Crippen molar-refractivity contribution in [3.63, 3.8) is 0 Å². The molecule has 1 aromatic heterocycles. The van der Waals surface area contributed by atoms with Crippen LogP contribution in [0.2, 0.25) is 0 Å². The number of rotatable bonds is 6. The summed E-state index contributed by atoms with van der Waals surface area (Å²) in [5.41, 5.74) is 1.70. The van der Waals surface area contributed by atoms with Crippen molar-refractivity contribution in [1.82, 2.24) is 10.1 Å². The molecule has 1 saturated carbocycles. The predicted molar refractivity (Wildman–Crippen MR) is 97.9 cm³/mol. The Kier molecular flexibility index (Phi) is 5.07. The summed E-state index contributed by atoms with van der Waals surface area (Å²) in [6, 6.07) is 12.2. The molecule has 5 nitrogen and oxygen atoms in total. The van der Waals surface area contributed by atoms with Crippen LogP contribution in [0.15, 0.2) is 40.9 Å². The number of benzene rings is 1.